The standard InChI is InChI=1S/C24H25F2N7O/c1-31-10-12-32(13-11-31)14-17-2-6-19(7-3-17)21-16-33(30-27-21)15-18-4-8-20(9-5-18)23-28-29-24(34-23)22(25)26/h2-9,16,22H,10-15H2,1H3. The van der Waals surface area contributed by atoms with E-state index in [-0.39, 0.29) is 5.89 Å². The zero-order valence-corrected chi connectivity index (χ0v) is 18.8. The van der Waals surface area contributed by atoms with Crippen LogP contribution in [-0.4, -0.2) is 68.2 Å². The number of halogens is 2. The number of piperazine rings is 1. The van der Waals surface area contributed by atoms with Crippen molar-refractivity contribution in [2.75, 3.05) is 33.2 Å². The van der Waals surface area contributed by atoms with Gasteiger partial charge in [0.15, 0.2) is 0 Å². The van der Waals surface area contributed by atoms with Gasteiger partial charge >= 0.3 is 6.43 Å². The Morgan fingerprint density at radius 1 is 0.824 bits per heavy atom. The molecule has 0 unspecified atom stereocenters. The van der Waals surface area contributed by atoms with Crippen LogP contribution in [0.5, 0.6) is 0 Å². The Morgan fingerprint density at radius 2 is 1.47 bits per heavy atom. The molecule has 10 heteroatoms. The molecule has 8 nitrogen and oxygen atoms in total. The lowest BCUT2D eigenvalue weighted by molar-refractivity contribution is 0.116. The molecule has 0 bridgehead atoms. The van der Waals surface area contributed by atoms with E-state index in [1.165, 1.54) is 5.56 Å². The predicted octanol–water partition coefficient (Wildman–Crippen LogP) is 3.73. The summed E-state index contributed by atoms with van der Waals surface area (Å²) >= 11 is 0. The molecule has 3 heterocycles. The van der Waals surface area contributed by atoms with Gasteiger partial charge in [-0.15, -0.1) is 15.3 Å². The summed E-state index contributed by atoms with van der Waals surface area (Å²) in [5, 5.41) is 15.6. The van der Waals surface area contributed by atoms with Gasteiger partial charge in [-0.25, -0.2) is 4.68 Å². The fraction of sp³-hybridized carbons (Fsp3) is 0.333. The van der Waals surface area contributed by atoms with Crippen molar-refractivity contribution in [3.05, 3.63) is 71.7 Å². The van der Waals surface area contributed by atoms with E-state index in [1.54, 1.807) is 16.8 Å². The second-order valence-electron chi connectivity index (χ2n) is 8.52. The highest BCUT2D eigenvalue weighted by molar-refractivity contribution is 5.58. The average molecular weight is 466 g/mol. The summed E-state index contributed by atoms with van der Waals surface area (Å²) in [6, 6.07) is 15.8. The summed E-state index contributed by atoms with van der Waals surface area (Å²) in [7, 11) is 2.16. The maximum Gasteiger partial charge on any atom is 0.314 e. The average Bonchev–Trinajstić information content (AvgIpc) is 3.52. The first kappa shape index (κ1) is 22.3. The van der Waals surface area contributed by atoms with Gasteiger partial charge in [-0.05, 0) is 30.3 Å². The van der Waals surface area contributed by atoms with Crippen LogP contribution in [0.15, 0.2) is 59.1 Å². The topological polar surface area (TPSA) is 76.1 Å². The Labute approximate surface area is 195 Å². The molecule has 1 aliphatic heterocycles. The van der Waals surface area contributed by atoms with Crippen LogP contribution in [0.25, 0.3) is 22.7 Å². The minimum atomic E-state index is -2.78. The number of hydrogen-bond donors (Lipinski definition) is 0. The molecule has 34 heavy (non-hydrogen) atoms. The minimum Gasteiger partial charge on any atom is -0.415 e. The Bertz CT molecular complexity index is 1210. The first-order valence-electron chi connectivity index (χ1n) is 11.1. The van der Waals surface area contributed by atoms with Gasteiger partial charge in [0.05, 0.1) is 12.7 Å². The molecule has 0 radical (unpaired) electrons. The summed E-state index contributed by atoms with van der Waals surface area (Å²) in [6.45, 7) is 5.91. The number of likely N-dealkylation sites (N-methyl/N-ethyl adjacent to an activating group) is 1. The van der Waals surface area contributed by atoms with Crippen LogP contribution in [-0.2, 0) is 13.1 Å². The Kier molecular flexibility index (Phi) is 6.41. The van der Waals surface area contributed by atoms with Crippen LogP contribution in [0.2, 0.25) is 0 Å². The first-order valence-corrected chi connectivity index (χ1v) is 11.1. The molecule has 5 rings (SSSR count). The van der Waals surface area contributed by atoms with E-state index in [9.17, 15) is 8.78 Å². The monoisotopic (exact) mass is 465 g/mol. The number of alkyl halides is 2. The second-order valence-corrected chi connectivity index (χ2v) is 8.52. The maximum atomic E-state index is 12.6. The summed E-state index contributed by atoms with van der Waals surface area (Å²) in [4.78, 5) is 4.84. The van der Waals surface area contributed by atoms with Crippen molar-refractivity contribution < 1.29 is 13.2 Å². The molecule has 0 atom stereocenters. The molecule has 0 saturated carbocycles. The highest BCUT2D eigenvalue weighted by Crippen LogP contribution is 2.24. The van der Waals surface area contributed by atoms with Crippen LogP contribution in [0.1, 0.15) is 23.4 Å². The largest absolute Gasteiger partial charge is 0.415 e. The number of benzene rings is 2. The van der Waals surface area contributed by atoms with Gasteiger partial charge in [-0.1, -0.05) is 41.6 Å². The molecule has 2 aromatic heterocycles. The lowest BCUT2D eigenvalue weighted by Crippen LogP contribution is -2.43. The van der Waals surface area contributed by atoms with Gasteiger partial charge in [-0.3, -0.25) is 4.90 Å². The van der Waals surface area contributed by atoms with Gasteiger partial charge in [-0.2, -0.15) is 8.78 Å². The van der Waals surface area contributed by atoms with Crippen LogP contribution in [0.3, 0.4) is 0 Å². The van der Waals surface area contributed by atoms with Crippen molar-refractivity contribution in [3.8, 4) is 22.7 Å². The second kappa shape index (κ2) is 9.78. The molecule has 0 N–H and O–H groups in total. The number of hydrogen-bond acceptors (Lipinski definition) is 7. The van der Waals surface area contributed by atoms with Gasteiger partial charge in [0, 0.05) is 43.9 Å². The van der Waals surface area contributed by atoms with Crippen LogP contribution >= 0.6 is 0 Å². The molecule has 1 aliphatic rings. The normalized spacial score (nSPS) is 15.3. The molecular weight excluding hydrogens is 440 g/mol. The molecule has 1 fully saturated rings. The van der Waals surface area contributed by atoms with Crippen molar-refractivity contribution in [1.29, 1.82) is 0 Å². The summed E-state index contributed by atoms with van der Waals surface area (Å²) < 4.78 is 32.0. The van der Waals surface area contributed by atoms with Crippen molar-refractivity contribution in [1.82, 2.24) is 35.0 Å². The zero-order chi connectivity index (χ0) is 23.5. The Balaban J connectivity index is 1.20. The Hall–Kier alpha value is -3.50. The van der Waals surface area contributed by atoms with Crippen LogP contribution in [0.4, 0.5) is 8.78 Å². The van der Waals surface area contributed by atoms with E-state index < -0.39 is 12.3 Å². The first-order chi connectivity index (χ1) is 16.5. The van der Waals surface area contributed by atoms with Gasteiger partial charge < -0.3 is 9.32 Å². The van der Waals surface area contributed by atoms with E-state index in [4.69, 9.17) is 4.42 Å². The van der Waals surface area contributed by atoms with Crippen molar-refractivity contribution in [2.45, 2.75) is 19.5 Å². The molecule has 4 aromatic rings. The van der Waals surface area contributed by atoms with Crippen LogP contribution < -0.4 is 0 Å². The number of aromatic nitrogens is 5. The zero-order valence-electron chi connectivity index (χ0n) is 18.8. The van der Waals surface area contributed by atoms with Gasteiger partial charge in [0.25, 0.3) is 5.89 Å². The van der Waals surface area contributed by atoms with Gasteiger partial charge in [0.1, 0.15) is 5.69 Å². The molecule has 176 valence electrons. The molecule has 1 saturated heterocycles. The van der Waals surface area contributed by atoms with Crippen molar-refractivity contribution >= 4 is 0 Å². The molecule has 2 aromatic carbocycles. The highest BCUT2D eigenvalue weighted by Gasteiger charge is 2.17. The van der Waals surface area contributed by atoms with E-state index >= 15 is 0 Å². The van der Waals surface area contributed by atoms with Crippen molar-refractivity contribution in [3.63, 3.8) is 0 Å². The van der Waals surface area contributed by atoms with Crippen LogP contribution in [0, 0.1) is 0 Å². The summed E-state index contributed by atoms with van der Waals surface area (Å²) in [5.74, 6) is -0.609. The Morgan fingerprint density at radius 3 is 2.12 bits per heavy atom. The van der Waals surface area contributed by atoms with Gasteiger partial charge in [0.2, 0.25) is 5.89 Å². The molecule has 0 aliphatic carbocycles. The quantitative estimate of drug-likeness (QED) is 0.412. The fourth-order valence-corrected chi connectivity index (χ4v) is 3.93. The van der Waals surface area contributed by atoms with E-state index in [0.29, 0.717) is 12.1 Å². The van der Waals surface area contributed by atoms with E-state index in [2.05, 4.69) is 61.6 Å². The summed E-state index contributed by atoms with van der Waals surface area (Å²) in [5.41, 5.74) is 4.70. The van der Waals surface area contributed by atoms with E-state index in [0.717, 1.165) is 49.5 Å². The highest BCUT2D eigenvalue weighted by atomic mass is 19.3. The smallest absolute Gasteiger partial charge is 0.314 e. The SMILES string of the molecule is CN1CCN(Cc2ccc(-c3cn(Cc4ccc(-c5nnc(C(F)F)o5)cc4)nn3)cc2)CC1. The predicted molar refractivity (Wildman–Crippen MR) is 122 cm³/mol. The third-order valence-corrected chi connectivity index (χ3v) is 5.96. The third-order valence-electron chi connectivity index (χ3n) is 5.96. The van der Waals surface area contributed by atoms with E-state index in [1.807, 2.05) is 18.3 Å². The lowest BCUT2D eigenvalue weighted by atomic mass is 10.1. The third kappa shape index (κ3) is 5.18. The summed E-state index contributed by atoms with van der Waals surface area (Å²) in [6.07, 6.45) is -0.869. The minimum absolute atomic E-state index is 0.0703. The molecule has 0 amide bonds. The number of rotatable bonds is 7. The maximum absolute atomic E-state index is 12.6. The lowest BCUT2D eigenvalue weighted by Gasteiger charge is -2.32. The van der Waals surface area contributed by atoms with Crippen molar-refractivity contribution in [2.24, 2.45) is 0 Å². The number of nitrogens with zero attached hydrogens (tertiary/aromatic N) is 7. The molecule has 0 spiro atoms. The fourth-order valence-electron chi connectivity index (χ4n) is 3.93. The molecular formula is C24H25F2N7O.